The Kier molecular flexibility index (Phi) is 18.4. The van der Waals surface area contributed by atoms with E-state index in [4.69, 9.17) is 0 Å². The van der Waals surface area contributed by atoms with Gasteiger partial charge in [-0.05, 0) is 38.8 Å². The fourth-order valence-electron chi connectivity index (χ4n) is 1.74. The molecule has 0 heterocycles. The molecule has 1 N–H and O–H groups in total. The number of allylic oxidation sites excluding steroid dienone is 1. The van der Waals surface area contributed by atoms with E-state index in [0.717, 1.165) is 12.5 Å². The second-order valence-corrected chi connectivity index (χ2v) is 3.72. The Hall–Kier alpha value is -0.300. The highest BCUT2D eigenvalue weighted by Gasteiger charge is 2.11. The second kappa shape index (κ2) is 16.1. The Morgan fingerprint density at radius 3 is 2.07 bits per heavy atom. The molecule has 0 radical (unpaired) electrons. The quantitative estimate of drug-likeness (QED) is 0.685. The minimum atomic E-state index is 0.994. The molecular weight excluding hydrogens is 182 g/mol. The topological polar surface area (TPSA) is 12.0 Å². The van der Waals surface area contributed by atoms with Crippen molar-refractivity contribution in [3.63, 3.8) is 0 Å². The van der Waals surface area contributed by atoms with Gasteiger partial charge in [-0.15, -0.1) is 6.58 Å². The Balaban J connectivity index is 0. The molecule has 0 aliphatic heterocycles. The molecule has 1 fully saturated rings. The van der Waals surface area contributed by atoms with Crippen molar-refractivity contribution in [2.24, 2.45) is 5.92 Å². The van der Waals surface area contributed by atoms with E-state index < -0.39 is 0 Å². The highest BCUT2D eigenvalue weighted by Crippen LogP contribution is 2.22. The van der Waals surface area contributed by atoms with Crippen molar-refractivity contribution < 1.29 is 0 Å². The zero-order valence-corrected chi connectivity index (χ0v) is 11.3. The van der Waals surface area contributed by atoms with E-state index in [9.17, 15) is 0 Å². The monoisotopic (exact) mass is 213 g/mol. The van der Waals surface area contributed by atoms with Crippen LogP contribution in [0.1, 0.15) is 59.8 Å². The van der Waals surface area contributed by atoms with Gasteiger partial charge in [-0.2, -0.15) is 0 Å². The average molecular weight is 213 g/mol. The molecule has 1 aliphatic carbocycles. The summed E-state index contributed by atoms with van der Waals surface area (Å²) in [5, 5.41) is 3.42. The summed E-state index contributed by atoms with van der Waals surface area (Å²) in [6.07, 6.45) is 9.09. The number of hydrogen-bond acceptors (Lipinski definition) is 1. The number of nitrogens with one attached hydrogen (secondary N) is 1. The van der Waals surface area contributed by atoms with E-state index in [1.165, 1.54) is 38.6 Å². The number of hydrogen-bond donors (Lipinski definition) is 1. The normalized spacial score (nSPS) is 15.5. The van der Waals surface area contributed by atoms with Crippen LogP contribution in [0.15, 0.2) is 12.7 Å². The van der Waals surface area contributed by atoms with Crippen molar-refractivity contribution in [2.75, 3.05) is 13.1 Å². The van der Waals surface area contributed by atoms with Crippen LogP contribution in [-0.4, -0.2) is 13.1 Å². The molecular formula is C14H31N. The van der Waals surface area contributed by atoms with Crippen molar-refractivity contribution in [2.45, 2.75) is 59.8 Å². The highest BCUT2D eigenvalue weighted by atomic mass is 14.8. The third-order valence-corrected chi connectivity index (χ3v) is 2.41. The molecule has 0 aromatic rings. The molecule has 0 spiro atoms. The summed E-state index contributed by atoms with van der Waals surface area (Å²) in [5.41, 5.74) is 0. The Labute approximate surface area is 97.3 Å². The first-order valence-corrected chi connectivity index (χ1v) is 6.62. The summed E-state index contributed by atoms with van der Waals surface area (Å²) in [6, 6.07) is 0. The lowest BCUT2D eigenvalue weighted by molar-refractivity contribution is 0.345. The van der Waals surface area contributed by atoms with Crippen LogP contribution in [0.25, 0.3) is 0 Å². The van der Waals surface area contributed by atoms with Gasteiger partial charge in [-0.3, -0.25) is 0 Å². The van der Waals surface area contributed by atoms with Gasteiger partial charge in [0.1, 0.15) is 0 Å². The molecule has 1 nitrogen and oxygen atoms in total. The maximum Gasteiger partial charge on any atom is -0.00206 e. The van der Waals surface area contributed by atoms with Crippen LogP contribution in [0.2, 0.25) is 0 Å². The van der Waals surface area contributed by atoms with Gasteiger partial charge in [-0.1, -0.05) is 46.1 Å². The molecule has 0 bridgehead atoms. The van der Waals surface area contributed by atoms with E-state index in [0.29, 0.717) is 0 Å². The van der Waals surface area contributed by atoms with Gasteiger partial charge in [0.05, 0.1) is 0 Å². The maximum absolute atomic E-state index is 3.42. The van der Waals surface area contributed by atoms with E-state index in [1.807, 2.05) is 20.8 Å². The molecule has 1 aliphatic rings. The maximum atomic E-state index is 3.42. The third kappa shape index (κ3) is 13.7. The molecule has 0 unspecified atom stereocenters. The van der Waals surface area contributed by atoms with Gasteiger partial charge in [0.2, 0.25) is 0 Å². The van der Waals surface area contributed by atoms with Crippen molar-refractivity contribution in [3.05, 3.63) is 12.7 Å². The van der Waals surface area contributed by atoms with Crippen molar-refractivity contribution in [3.8, 4) is 0 Å². The summed E-state index contributed by atoms with van der Waals surface area (Å²) in [6.45, 7) is 13.8. The average Bonchev–Trinajstić information content (AvgIpc) is 2.31. The summed E-state index contributed by atoms with van der Waals surface area (Å²) < 4.78 is 0. The summed E-state index contributed by atoms with van der Waals surface area (Å²) >= 11 is 0. The molecule has 0 saturated heterocycles. The lowest BCUT2D eigenvalue weighted by Crippen LogP contribution is -2.23. The molecule has 0 atom stereocenters. The Morgan fingerprint density at radius 1 is 1.20 bits per heavy atom. The predicted molar refractivity (Wildman–Crippen MR) is 72.3 cm³/mol. The van der Waals surface area contributed by atoms with Crippen molar-refractivity contribution in [1.82, 2.24) is 5.32 Å². The van der Waals surface area contributed by atoms with Gasteiger partial charge in [0.25, 0.3) is 0 Å². The first kappa shape index (κ1) is 17.1. The first-order valence-electron chi connectivity index (χ1n) is 6.62. The Bertz CT molecular complexity index is 104. The minimum absolute atomic E-state index is 0.994. The summed E-state index contributed by atoms with van der Waals surface area (Å²) in [4.78, 5) is 0. The van der Waals surface area contributed by atoms with Gasteiger partial charge in [-0.25, -0.2) is 0 Å². The van der Waals surface area contributed by atoms with Crippen LogP contribution in [0.4, 0.5) is 0 Å². The van der Waals surface area contributed by atoms with Crippen LogP contribution in [-0.2, 0) is 0 Å². The van der Waals surface area contributed by atoms with Gasteiger partial charge >= 0.3 is 0 Å². The molecule has 1 saturated carbocycles. The van der Waals surface area contributed by atoms with Crippen LogP contribution in [0.5, 0.6) is 0 Å². The molecule has 0 amide bonds. The molecule has 92 valence electrons. The van der Waals surface area contributed by atoms with E-state index >= 15 is 0 Å². The molecule has 15 heavy (non-hydrogen) atoms. The van der Waals surface area contributed by atoms with Crippen molar-refractivity contribution >= 4 is 0 Å². The SMILES string of the molecule is C=CC.CC.CCNCC1CCCCC1. The second-order valence-electron chi connectivity index (χ2n) is 3.72. The minimum Gasteiger partial charge on any atom is -0.317 e. The zero-order chi connectivity index (χ0) is 11.9. The molecule has 1 heteroatoms. The summed E-state index contributed by atoms with van der Waals surface area (Å²) in [5.74, 6) is 0.994. The van der Waals surface area contributed by atoms with E-state index in [1.54, 1.807) is 6.08 Å². The van der Waals surface area contributed by atoms with E-state index in [-0.39, 0.29) is 0 Å². The third-order valence-electron chi connectivity index (χ3n) is 2.41. The standard InChI is InChI=1S/C9H19N.C3H6.C2H6/c1-2-10-8-9-6-4-3-5-7-9;1-3-2;1-2/h9-10H,2-8H2,1H3;3H,1H2,2H3;1-2H3. The van der Waals surface area contributed by atoms with Gasteiger partial charge < -0.3 is 5.32 Å². The zero-order valence-electron chi connectivity index (χ0n) is 11.3. The lowest BCUT2D eigenvalue weighted by atomic mass is 9.89. The van der Waals surface area contributed by atoms with E-state index in [2.05, 4.69) is 18.8 Å². The smallest absolute Gasteiger partial charge is 0.00206 e. The largest absolute Gasteiger partial charge is 0.317 e. The Morgan fingerprint density at radius 2 is 1.67 bits per heavy atom. The van der Waals surface area contributed by atoms with Crippen LogP contribution < -0.4 is 5.32 Å². The van der Waals surface area contributed by atoms with Crippen LogP contribution in [0.3, 0.4) is 0 Å². The van der Waals surface area contributed by atoms with Crippen LogP contribution in [0, 0.1) is 5.92 Å². The fourth-order valence-corrected chi connectivity index (χ4v) is 1.74. The lowest BCUT2D eigenvalue weighted by Gasteiger charge is -2.21. The van der Waals surface area contributed by atoms with Crippen LogP contribution >= 0.6 is 0 Å². The fraction of sp³-hybridized carbons (Fsp3) is 0.857. The predicted octanol–water partition coefficient (Wildman–Crippen LogP) is 4.39. The molecule has 1 rings (SSSR count). The van der Waals surface area contributed by atoms with Gasteiger partial charge in [0.15, 0.2) is 0 Å². The summed E-state index contributed by atoms with van der Waals surface area (Å²) in [7, 11) is 0. The molecule has 0 aromatic heterocycles. The first-order chi connectivity index (χ1) is 7.35. The highest BCUT2D eigenvalue weighted by molar-refractivity contribution is 4.67. The van der Waals surface area contributed by atoms with Crippen molar-refractivity contribution in [1.29, 1.82) is 0 Å². The van der Waals surface area contributed by atoms with Gasteiger partial charge in [0, 0.05) is 0 Å². The number of rotatable bonds is 3. The molecule has 0 aromatic carbocycles.